The summed E-state index contributed by atoms with van der Waals surface area (Å²) >= 11 is 0. The van der Waals surface area contributed by atoms with Crippen LogP contribution in [0.2, 0.25) is 0 Å². The van der Waals surface area contributed by atoms with E-state index in [1.165, 1.54) is 6.07 Å². The third-order valence-electron chi connectivity index (χ3n) is 5.15. The van der Waals surface area contributed by atoms with Crippen molar-refractivity contribution in [3.05, 3.63) is 35.6 Å². The van der Waals surface area contributed by atoms with Gasteiger partial charge in [-0.3, -0.25) is 4.79 Å². The number of hydrogen-bond donors (Lipinski definition) is 2. The lowest BCUT2D eigenvalue weighted by Gasteiger charge is -2.38. The predicted molar refractivity (Wildman–Crippen MR) is 92.4 cm³/mol. The van der Waals surface area contributed by atoms with Crippen LogP contribution in [0.1, 0.15) is 50.5 Å². The van der Waals surface area contributed by atoms with Crippen molar-refractivity contribution in [1.29, 1.82) is 0 Å². The number of carbonyl (C=O) groups is 1. The summed E-state index contributed by atoms with van der Waals surface area (Å²) in [6, 6.07) is 6.82. The fourth-order valence-corrected chi connectivity index (χ4v) is 3.89. The standard InChI is InChI=1S/C18H25FN2O.ClH/c19-15-7-4-6-14(12-15)18(9-2-1-3-10-18)17(22)21-16-8-5-11-20-13-16;/h4,6-7,12,16,20H,1-3,5,8-11,13H2,(H,21,22);1H. The van der Waals surface area contributed by atoms with Crippen molar-refractivity contribution in [3.8, 4) is 0 Å². The Labute approximate surface area is 143 Å². The molecule has 1 amide bonds. The molecular weight excluding hydrogens is 315 g/mol. The topological polar surface area (TPSA) is 41.1 Å². The van der Waals surface area contributed by atoms with Crippen molar-refractivity contribution >= 4 is 18.3 Å². The molecule has 1 aromatic carbocycles. The minimum atomic E-state index is -0.544. The molecule has 2 N–H and O–H groups in total. The molecule has 1 saturated carbocycles. The van der Waals surface area contributed by atoms with Gasteiger partial charge in [-0.1, -0.05) is 31.4 Å². The fraction of sp³-hybridized carbons (Fsp3) is 0.611. The van der Waals surface area contributed by atoms with Crippen LogP contribution in [0, 0.1) is 5.82 Å². The summed E-state index contributed by atoms with van der Waals surface area (Å²) in [5.41, 5.74) is 0.297. The van der Waals surface area contributed by atoms with Crippen LogP contribution in [-0.2, 0) is 10.2 Å². The largest absolute Gasteiger partial charge is 0.351 e. The zero-order valence-electron chi connectivity index (χ0n) is 13.4. The van der Waals surface area contributed by atoms with Crippen molar-refractivity contribution in [1.82, 2.24) is 10.6 Å². The van der Waals surface area contributed by atoms with Gasteiger partial charge in [-0.15, -0.1) is 12.4 Å². The van der Waals surface area contributed by atoms with Crippen molar-refractivity contribution < 1.29 is 9.18 Å². The number of nitrogens with one attached hydrogen (secondary N) is 2. The summed E-state index contributed by atoms with van der Waals surface area (Å²) in [5.74, 6) is -0.166. The fourth-order valence-electron chi connectivity index (χ4n) is 3.89. The van der Waals surface area contributed by atoms with Gasteiger partial charge in [0.2, 0.25) is 5.91 Å². The summed E-state index contributed by atoms with van der Waals surface area (Å²) in [4.78, 5) is 13.0. The molecule has 1 heterocycles. The summed E-state index contributed by atoms with van der Waals surface area (Å²) in [6.07, 6.45) is 7.00. The Morgan fingerprint density at radius 1 is 1.22 bits per heavy atom. The molecule has 0 aromatic heterocycles. The summed E-state index contributed by atoms with van der Waals surface area (Å²) in [5, 5.41) is 6.55. The van der Waals surface area contributed by atoms with Crippen molar-refractivity contribution in [2.24, 2.45) is 0 Å². The molecule has 3 rings (SSSR count). The van der Waals surface area contributed by atoms with Gasteiger partial charge in [0.1, 0.15) is 5.82 Å². The highest BCUT2D eigenvalue weighted by atomic mass is 35.5. The first-order chi connectivity index (χ1) is 10.7. The first-order valence-corrected chi connectivity index (χ1v) is 8.48. The Balaban J connectivity index is 0.00000192. The van der Waals surface area contributed by atoms with E-state index < -0.39 is 5.41 Å². The zero-order chi connectivity index (χ0) is 15.4. The van der Waals surface area contributed by atoms with Gasteiger partial charge >= 0.3 is 0 Å². The van der Waals surface area contributed by atoms with E-state index >= 15 is 0 Å². The second-order valence-corrected chi connectivity index (χ2v) is 6.67. The monoisotopic (exact) mass is 340 g/mol. The molecule has 1 aliphatic heterocycles. The van der Waals surface area contributed by atoms with Gasteiger partial charge in [0.25, 0.3) is 0 Å². The molecular formula is C18H26ClFN2O. The molecule has 1 aromatic rings. The van der Waals surface area contributed by atoms with E-state index in [2.05, 4.69) is 10.6 Å². The van der Waals surface area contributed by atoms with Gasteiger partial charge in [-0.25, -0.2) is 4.39 Å². The van der Waals surface area contributed by atoms with Gasteiger partial charge in [0, 0.05) is 12.6 Å². The van der Waals surface area contributed by atoms with E-state index in [4.69, 9.17) is 0 Å². The van der Waals surface area contributed by atoms with E-state index in [1.807, 2.05) is 6.07 Å². The lowest BCUT2D eigenvalue weighted by Crippen LogP contribution is -2.53. The number of amides is 1. The average Bonchev–Trinajstić information content (AvgIpc) is 2.56. The molecule has 3 nitrogen and oxygen atoms in total. The average molecular weight is 341 g/mol. The van der Waals surface area contributed by atoms with Gasteiger partial charge < -0.3 is 10.6 Å². The van der Waals surface area contributed by atoms with Crippen LogP contribution < -0.4 is 10.6 Å². The van der Waals surface area contributed by atoms with Gasteiger partial charge in [0.15, 0.2) is 0 Å². The third-order valence-corrected chi connectivity index (χ3v) is 5.15. The minimum absolute atomic E-state index is 0. The van der Waals surface area contributed by atoms with E-state index in [1.54, 1.807) is 12.1 Å². The van der Waals surface area contributed by atoms with Crippen molar-refractivity contribution in [3.63, 3.8) is 0 Å². The molecule has 2 aliphatic rings. The van der Waals surface area contributed by atoms with Crippen LogP contribution in [0.15, 0.2) is 24.3 Å². The first kappa shape index (κ1) is 18.2. The zero-order valence-corrected chi connectivity index (χ0v) is 14.3. The molecule has 1 atom stereocenters. The SMILES string of the molecule is Cl.O=C(NC1CCCNC1)C1(c2cccc(F)c2)CCCCC1. The van der Waals surface area contributed by atoms with Crippen LogP contribution in [0.3, 0.4) is 0 Å². The Kier molecular flexibility index (Phi) is 6.42. The van der Waals surface area contributed by atoms with E-state index in [0.29, 0.717) is 0 Å². The normalized spacial score (nSPS) is 23.6. The van der Waals surface area contributed by atoms with Crippen LogP contribution in [-0.4, -0.2) is 25.0 Å². The number of hydrogen-bond acceptors (Lipinski definition) is 2. The molecule has 128 valence electrons. The van der Waals surface area contributed by atoms with Crippen LogP contribution in [0.4, 0.5) is 4.39 Å². The summed E-state index contributed by atoms with van der Waals surface area (Å²) in [7, 11) is 0. The highest BCUT2D eigenvalue weighted by Crippen LogP contribution is 2.40. The van der Waals surface area contributed by atoms with Crippen LogP contribution in [0.5, 0.6) is 0 Å². The molecule has 0 radical (unpaired) electrons. The van der Waals surface area contributed by atoms with E-state index in [-0.39, 0.29) is 30.2 Å². The molecule has 0 spiro atoms. The highest BCUT2D eigenvalue weighted by Gasteiger charge is 2.41. The Hall–Kier alpha value is -1.13. The number of halogens is 2. The molecule has 0 bridgehead atoms. The predicted octanol–water partition coefficient (Wildman–Crippen LogP) is 3.32. The Morgan fingerprint density at radius 2 is 2.00 bits per heavy atom. The number of piperidine rings is 1. The second kappa shape index (κ2) is 8.11. The maximum Gasteiger partial charge on any atom is 0.230 e. The maximum atomic E-state index is 13.7. The van der Waals surface area contributed by atoms with Crippen molar-refractivity contribution in [2.45, 2.75) is 56.4 Å². The molecule has 5 heteroatoms. The maximum absolute atomic E-state index is 13.7. The molecule has 1 saturated heterocycles. The van der Waals surface area contributed by atoms with Crippen molar-refractivity contribution in [2.75, 3.05) is 13.1 Å². The number of benzene rings is 1. The lowest BCUT2D eigenvalue weighted by atomic mass is 9.68. The Bertz CT molecular complexity index is 526. The van der Waals surface area contributed by atoms with Crippen LogP contribution >= 0.6 is 12.4 Å². The van der Waals surface area contributed by atoms with Gasteiger partial charge in [-0.05, 0) is 49.9 Å². The minimum Gasteiger partial charge on any atom is -0.351 e. The highest BCUT2D eigenvalue weighted by molar-refractivity contribution is 5.88. The molecule has 1 unspecified atom stereocenters. The van der Waals surface area contributed by atoms with E-state index in [0.717, 1.165) is 63.6 Å². The molecule has 23 heavy (non-hydrogen) atoms. The molecule has 1 aliphatic carbocycles. The number of rotatable bonds is 3. The molecule has 2 fully saturated rings. The Morgan fingerprint density at radius 3 is 2.65 bits per heavy atom. The first-order valence-electron chi connectivity index (χ1n) is 8.48. The summed E-state index contributed by atoms with van der Waals surface area (Å²) in [6.45, 7) is 1.87. The second-order valence-electron chi connectivity index (χ2n) is 6.67. The van der Waals surface area contributed by atoms with Crippen LogP contribution in [0.25, 0.3) is 0 Å². The van der Waals surface area contributed by atoms with Gasteiger partial charge in [-0.2, -0.15) is 0 Å². The lowest BCUT2D eigenvalue weighted by molar-refractivity contribution is -0.129. The van der Waals surface area contributed by atoms with E-state index in [9.17, 15) is 9.18 Å². The quantitative estimate of drug-likeness (QED) is 0.886. The smallest absolute Gasteiger partial charge is 0.230 e. The summed E-state index contributed by atoms with van der Waals surface area (Å²) < 4.78 is 13.7. The van der Waals surface area contributed by atoms with Gasteiger partial charge in [0.05, 0.1) is 5.41 Å². The third kappa shape index (κ3) is 4.04. The number of carbonyl (C=O) groups excluding carboxylic acids is 1.